The SMILES string of the molecule is C=COCC1CCC(COC(=O)c2cccc(C(=O)OCC3CCC(COC=C)CC3)c2)CC1.C=COCC1CCC(Cc2cc(CC3CCC(COC=C)CC3)c(C(=O)O)cc2C(=O)O)CC1. The quantitative estimate of drug-likeness (QED) is 0.0757. The molecule has 12 heteroatoms. The lowest BCUT2D eigenvalue weighted by atomic mass is 9.77. The van der Waals surface area contributed by atoms with Crippen LogP contribution in [-0.2, 0) is 41.3 Å². The first kappa shape index (κ1) is 53.4. The lowest BCUT2D eigenvalue weighted by Crippen LogP contribution is -2.23. The maximum Gasteiger partial charge on any atom is 0.338 e. The highest BCUT2D eigenvalue weighted by atomic mass is 16.5. The Hall–Kier alpha value is -5.52. The smallest absolute Gasteiger partial charge is 0.338 e. The predicted molar refractivity (Wildman–Crippen MR) is 261 cm³/mol. The van der Waals surface area contributed by atoms with Gasteiger partial charge in [0.25, 0.3) is 0 Å². The third-order valence-electron chi connectivity index (χ3n) is 14.7. The topological polar surface area (TPSA) is 164 Å². The van der Waals surface area contributed by atoms with Crippen molar-refractivity contribution in [1.29, 1.82) is 0 Å². The summed E-state index contributed by atoms with van der Waals surface area (Å²) in [5, 5.41) is 19.6. The van der Waals surface area contributed by atoms with Crippen molar-refractivity contribution in [3.8, 4) is 0 Å². The van der Waals surface area contributed by atoms with E-state index in [0.29, 0.717) is 111 Å². The van der Waals surface area contributed by atoms with Gasteiger partial charge in [0, 0.05) is 0 Å². The molecule has 4 fully saturated rings. The maximum atomic E-state index is 12.6. The third-order valence-corrected chi connectivity index (χ3v) is 14.7. The van der Waals surface area contributed by atoms with Gasteiger partial charge in [0.05, 0.1) is 86.9 Å². The second-order valence-corrected chi connectivity index (χ2v) is 19.5. The minimum atomic E-state index is -1.06. The van der Waals surface area contributed by atoms with Crippen LogP contribution in [0, 0.1) is 47.3 Å². The number of carbonyl (C=O) groups is 4. The number of esters is 2. The van der Waals surface area contributed by atoms with Crippen molar-refractivity contribution in [3.63, 3.8) is 0 Å². The molecule has 0 unspecified atom stereocenters. The van der Waals surface area contributed by atoms with Gasteiger partial charge < -0.3 is 38.6 Å². The normalized spacial score (nSPS) is 24.6. The average Bonchev–Trinajstić information content (AvgIpc) is 3.36. The largest absolute Gasteiger partial charge is 0.502 e. The van der Waals surface area contributed by atoms with Crippen LogP contribution in [0.2, 0.25) is 0 Å². The Morgan fingerprint density at radius 2 is 0.706 bits per heavy atom. The molecular weight excluding hydrogens is 865 g/mol. The fourth-order valence-corrected chi connectivity index (χ4v) is 10.5. The predicted octanol–water partition coefficient (Wildman–Crippen LogP) is 12.0. The van der Waals surface area contributed by atoms with E-state index in [4.69, 9.17) is 28.4 Å². The van der Waals surface area contributed by atoms with Gasteiger partial charge in [0.1, 0.15) is 0 Å². The summed E-state index contributed by atoms with van der Waals surface area (Å²) in [5.74, 6) is 0.784. The van der Waals surface area contributed by atoms with Crippen molar-refractivity contribution in [2.24, 2.45) is 47.3 Å². The van der Waals surface area contributed by atoms with Gasteiger partial charge in [-0.2, -0.15) is 0 Å². The average molecular weight is 941 g/mol. The molecule has 0 amide bonds. The molecule has 372 valence electrons. The van der Waals surface area contributed by atoms with Gasteiger partial charge in [-0.15, -0.1) is 0 Å². The molecule has 68 heavy (non-hydrogen) atoms. The Balaban J connectivity index is 0.000000254. The van der Waals surface area contributed by atoms with E-state index in [1.165, 1.54) is 31.1 Å². The minimum Gasteiger partial charge on any atom is -0.502 e. The monoisotopic (exact) mass is 941 g/mol. The Bertz CT molecular complexity index is 1810. The number of aromatic carboxylic acids is 2. The van der Waals surface area contributed by atoms with Crippen molar-refractivity contribution in [1.82, 2.24) is 0 Å². The van der Waals surface area contributed by atoms with E-state index in [-0.39, 0.29) is 11.1 Å². The summed E-state index contributed by atoms with van der Waals surface area (Å²) in [6.07, 6.45) is 24.0. The first-order valence-corrected chi connectivity index (χ1v) is 25.0. The first-order chi connectivity index (χ1) is 33.0. The molecule has 0 radical (unpaired) electrons. The summed E-state index contributed by atoms with van der Waals surface area (Å²) < 4.78 is 32.4. The van der Waals surface area contributed by atoms with Crippen molar-refractivity contribution in [2.45, 2.75) is 116 Å². The van der Waals surface area contributed by atoms with Gasteiger partial charge >= 0.3 is 23.9 Å². The number of rotatable bonds is 24. The molecule has 4 aliphatic carbocycles. The van der Waals surface area contributed by atoms with Gasteiger partial charge in [-0.05, 0) is 198 Å². The number of hydrogen-bond acceptors (Lipinski definition) is 10. The molecule has 0 aromatic heterocycles. The summed E-state index contributed by atoms with van der Waals surface area (Å²) in [5.41, 5.74) is 2.56. The Morgan fingerprint density at radius 1 is 0.426 bits per heavy atom. The van der Waals surface area contributed by atoms with E-state index < -0.39 is 23.9 Å². The molecule has 0 bridgehead atoms. The summed E-state index contributed by atoms with van der Waals surface area (Å²) in [6.45, 7) is 18.0. The molecule has 2 aromatic carbocycles. The molecule has 4 aliphatic rings. The standard InChI is InChI=1S/2C28H38O6/c1-3-33-17-21-9-5-19(6-10-21)13-23-15-24(26(28(31)32)16-25(23)27(29)30)14-20-7-11-22(12-8-20)18-34-4-2;1-3-31-17-21-8-12-23(13-9-21)19-33-27(29)25-6-5-7-26(16-25)28(30)34-20-24-14-10-22(11-15-24)18-32-4-2/h3-4,15-16,19-22H,1-2,5-14,17-18H2,(H,29,30)(H,31,32);3-7,16,21-24H,1-2,8-15,17-20H2. The van der Waals surface area contributed by atoms with Crippen LogP contribution >= 0.6 is 0 Å². The van der Waals surface area contributed by atoms with Crippen LogP contribution in [0.5, 0.6) is 0 Å². The fourth-order valence-electron chi connectivity index (χ4n) is 10.5. The van der Waals surface area contributed by atoms with Crippen LogP contribution < -0.4 is 0 Å². The molecular formula is C56H76O12. The van der Waals surface area contributed by atoms with Crippen LogP contribution in [0.1, 0.15) is 155 Å². The third kappa shape index (κ3) is 17.5. The highest BCUT2D eigenvalue weighted by Crippen LogP contribution is 2.36. The van der Waals surface area contributed by atoms with E-state index in [2.05, 4.69) is 26.3 Å². The van der Waals surface area contributed by atoms with Crippen molar-refractivity contribution < 1.29 is 57.8 Å². The fraction of sp³-hybridized carbons (Fsp3) is 0.571. The van der Waals surface area contributed by atoms with Crippen LogP contribution in [-0.4, -0.2) is 73.7 Å². The second-order valence-electron chi connectivity index (χ2n) is 19.5. The van der Waals surface area contributed by atoms with E-state index in [0.717, 1.165) is 114 Å². The molecule has 4 saturated carbocycles. The zero-order valence-corrected chi connectivity index (χ0v) is 40.2. The molecule has 2 aromatic rings. The number of carboxylic acid groups (broad SMARTS) is 2. The van der Waals surface area contributed by atoms with E-state index >= 15 is 0 Å². The Kier molecular flexibility index (Phi) is 22.6. The van der Waals surface area contributed by atoms with Gasteiger partial charge in [-0.25, -0.2) is 19.2 Å². The van der Waals surface area contributed by atoms with Gasteiger partial charge in [-0.1, -0.05) is 38.4 Å². The first-order valence-electron chi connectivity index (χ1n) is 25.0. The molecule has 0 atom stereocenters. The summed E-state index contributed by atoms with van der Waals surface area (Å²) in [7, 11) is 0. The summed E-state index contributed by atoms with van der Waals surface area (Å²) >= 11 is 0. The molecule has 2 N–H and O–H groups in total. The zero-order chi connectivity index (χ0) is 48.7. The van der Waals surface area contributed by atoms with Crippen LogP contribution in [0.4, 0.5) is 0 Å². The molecule has 0 spiro atoms. The number of ether oxygens (including phenoxy) is 6. The highest BCUT2D eigenvalue weighted by molar-refractivity contribution is 5.96. The number of benzene rings is 2. The van der Waals surface area contributed by atoms with E-state index in [9.17, 15) is 29.4 Å². The Morgan fingerprint density at radius 3 is 0.985 bits per heavy atom. The molecule has 0 heterocycles. The second kappa shape index (κ2) is 28.7. The minimum absolute atomic E-state index is 0.128. The summed E-state index contributed by atoms with van der Waals surface area (Å²) in [4.78, 5) is 49.1. The maximum absolute atomic E-state index is 12.6. The van der Waals surface area contributed by atoms with Crippen LogP contribution in [0.15, 0.2) is 87.8 Å². The highest BCUT2D eigenvalue weighted by Gasteiger charge is 2.29. The van der Waals surface area contributed by atoms with Crippen molar-refractivity contribution in [2.75, 3.05) is 39.6 Å². The van der Waals surface area contributed by atoms with Gasteiger partial charge in [-0.3, -0.25) is 0 Å². The Labute approximate surface area is 404 Å². The molecule has 0 saturated heterocycles. The molecule has 6 rings (SSSR count). The van der Waals surface area contributed by atoms with E-state index in [1.54, 1.807) is 24.3 Å². The van der Waals surface area contributed by atoms with Gasteiger partial charge in [0.15, 0.2) is 0 Å². The van der Waals surface area contributed by atoms with Crippen molar-refractivity contribution >= 4 is 23.9 Å². The number of carbonyl (C=O) groups excluding carboxylic acids is 2. The van der Waals surface area contributed by atoms with E-state index in [1.807, 2.05) is 6.07 Å². The number of carboxylic acids is 2. The lowest BCUT2D eigenvalue weighted by molar-refractivity contribution is 0.0373. The van der Waals surface area contributed by atoms with Crippen LogP contribution in [0.3, 0.4) is 0 Å². The lowest BCUT2D eigenvalue weighted by Gasteiger charge is -2.30. The zero-order valence-electron chi connectivity index (χ0n) is 40.2. The van der Waals surface area contributed by atoms with Gasteiger partial charge in [0.2, 0.25) is 0 Å². The number of hydrogen-bond donors (Lipinski definition) is 2. The molecule has 0 aliphatic heterocycles. The van der Waals surface area contributed by atoms with Crippen molar-refractivity contribution in [3.05, 3.63) is 121 Å². The summed E-state index contributed by atoms with van der Waals surface area (Å²) in [6, 6.07) is 9.89. The molecule has 12 nitrogen and oxygen atoms in total. The van der Waals surface area contributed by atoms with Crippen LogP contribution in [0.25, 0.3) is 0 Å².